The maximum Gasteiger partial charge on any atom is 0.173 e. The van der Waals surface area contributed by atoms with E-state index in [1.165, 1.54) is 0 Å². The van der Waals surface area contributed by atoms with Crippen LogP contribution >= 0.6 is 12.2 Å². The van der Waals surface area contributed by atoms with Gasteiger partial charge in [-0.25, -0.2) is 0 Å². The standard InChI is InChI=1S/C22H22N2O2S/c1-24-17-11-7-12-18(25)20(17)21(23-22(24)27)16-10-5-6-13-19(16)26-14-15-8-3-2-4-9-15/h2-6,8-10,13,21H,7,11-12,14H2,1H3,(H,23,27). The summed E-state index contributed by atoms with van der Waals surface area (Å²) in [6, 6.07) is 17.7. The van der Waals surface area contributed by atoms with Crippen molar-refractivity contribution in [3.8, 4) is 5.75 Å². The molecule has 1 aliphatic heterocycles. The van der Waals surface area contributed by atoms with Gasteiger partial charge in [0.05, 0.1) is 6.04 Å². The number of ether oxygens (including phenoxy) is 1. The smallest absolute Gasteiger partial charge is 0.173 e. The van der Waals surface area contributed by atoms with Crippen molar-refractivity contribution in [3.05, 3.63) is 77.0 Å². The molecule has 0 amide bonds. The van der Waals surface area contributed by atoms with Crippen LogP contribution in [0.3, 0.4) is 0 Å². The molecule has 2 aromatic rings. The molecule has 1 N–H and O–H groups in total. The number of para-hydroxylation sites is 1. The van der Waals surface area contributed by atoms with Gasteiger partial charge in [0.25, 0.3) is 0 Å². The van der Waals surface area contributed by atoms with Gasteiger partial charge in [-0.1, -0.05) is 48.5 Å². The van der Waals surface area contributed by atoms with Crippen molar-refractivity contribution in [2.75, 3.05) is 7.05 Å². The van der Waals surface area contributed by atoms with Crippen LogP contribution in [-0.4, -0.2) is 22.8 Å². The minimum Gasteiger partial charge on any atom is -0.489 e. The van der Waals surface area contributed by atoms with Crippen LogP contribution in [0.15, 0.2) is 65.9 Å². The lowest BCUT2D eigenvalue weighted by molar-refractivity contribution is -0.116. The van der Waals surface area contributed by atoms with Crippen molar-refractivity contribution < 1.29 is 9.53 Å². The van der Waals surface area contributed by atoms with Gasteiger partial charge in [0.2, 0.25) is 0 Å². The van der Waals surface area contributed by atoms with Crippen LogP contribution in [-0.2, 0) is 11.4 Å². The number of benzene rings is 2. The van der Waals surface area contributed by atoms with Crippen LogP contribution in [0.4, 0.5) is 0 Å². The average Bonchev–Trinajstić information content (AvgIpc) is 2.70. The minimum atomic E-state index is -0.261. The van der Waals surface area contributed by atoms with Gasteiger partial charge < -0.3 is 15.0 Å². The quantitative estimate of drug-likeness (QED) is 0.810. The Morgan fingerprint density at radius 2 is 1.85 bits per heavy atom. The summed E-state index contributed by atoms with van der Waals surface area (Å²) in [5.41, 5.74) is 3.92. The second-order valence-electron chi connectivity index (χ2n) is 6.89. The molecule has 0 bridgehead atoms. The summed E-state index contributed by atoms with van der Waals surface area (Å²) >= 11 is 5.53. The fraction of sp³-hybridized carbons (Fsp3) is 0.273. The molecule has 0 spiro atoms. The molecule has 0 aromatic heterocycles. The van der Waals surface area contributed by atoms with Crippen LogP contribution in [0.2, 0.25) is 0 Å². The molecular formula is C22H22N2O2S. The van der Waals surface area contributed by atoms with Gasteiger partial charge in [0, 0.05) is 30.3 Å². The number of rotatable bonds is 4. The van der Waals surface area contributed by atoms with E-state index in [1.54, 1.807) is 0 Å². The van der Waals surface area contributed by atoms with Crippen molar-refractivity contribution in [3.63, 3.8) is 0 Å². The highest BCUT2D eigenvalue weighted by Gasteiger charge is 2.36. The summed E-state index contributed by atoms with van der Waals surface area (Å²) in [5, 5.41) is 3.99. The molecule has 138 valence electrons. The molecular weight excluding hydrogens is 356 g/mol. The summed E-state index contributed by atoms with van der Waals surface area (Å²) in [5.74, 6) is 0.970. The molecule has 27 heavy (non-hydrogen) atoms. The zero-order chi connectivity index (χ0) is 18.8. The first-order valence-corrected chi connectivity index (χ1v) is 9.62. The molecule has 1 heterocycles. The lowest BCUT2D eigenvalue weighted by Gasteiger charge is -2.39. The van der Waals surface area contributed by atoms with E-state index in [1.807, 2.05) is 66.5 Å². The van der Waals surface area contributed by atoms with Gasteiger partial charge in [-0.3, -0.25) is 4.79 Å². The van der Waals surface area contributed by atoms with E-state index in [0.29, 0.717) is 18.1 Å². The third kappa shape index (κ3) is 3.47. The van der Waals surface area contributed by atoms with Crippen molar-refractivity contribution >= 4 is 23.1 Å². The monoisotopic (exact) mass is 378 g/mol. The predicted octanol–water partition coefficient (Wildman–Crippen LogP) is 4.13. The molecule has 1 aliphatic carbocycles. The first kappa shape index (κ1) is 17.7. The molecule has 2 aliphatic rings. The molecule has 5 heteroatoms. The summed E-state index contributed by atoms with van der Waals surface area (Å²) < 4.78 is 6.12. The Kier molecular flexibility index (Phi) is 4.94. The Hall–Kier alpha value is -2.66. The number of hydrogen-bond acceptors (Lipinski definition) is 3. The zero-order valence-corrected chi connectivity index (χ0v) is 16.1. The van der Waals surface area contributed by atoms with Crippen LogP contribution in [0.25, 0.3) is 0 Å². The number of carbonyl (C=O) groups is 1. The lowest BCUT2D eigenvalue weighted by atomic mass is 9.84. The highest BCUT2D eigenvalue weighted by Crippen LogP contribution is 2.39. The molecule has 4 nitrogen and oxygen atoms in total. The Bertz CT molecular complexity index is 908. The van der Waals surface area contributed by atoms with E-state index in [-0.39, 0.29) is 11.8 Å². The highest BCUT2D eigenvalue weighted by molar-refractivity contribution is 7.80. The van der Waals surface area contributed by atoms with Gasteiger partial charge in [-0.15, -0.1) is 0 Å². The number of ketones is 1. The van der Waals surface area contributed by atoms with Crippen LogP contribution in [0.1, 0.15) is 36.4 Å². The molecule has 1 unspecified atom stereocenters. The van der Waals surface area contributed by atoms with Gasteiger partial charge in [-0.05, 0) is 36.7 Å². The van der Waals surface area contributed by atoms with Crippen molar-refractivity contribution in [2.45, 2.75) is 31.9 Å². The average molecular weight is 378 g/mol. The van der Waals surface area contributed by atoms with E-state index in [0.717, 1.165) is 41.0 Å². The normalized spacial score (nSPS) is 19.6. The first-order valence-electron chi connectivity index (χ1n) is 9.21. The van der Waals surface area contributed by atoms with Crippen LogP contribution < -0.4 is 10.1 Å². The number of nitrogens with one attached hydrogen (secondary N) is 1. The first-order chi connectivity index (χ1) is 13.1. The predicted molar refractivity (Wildman–Crippen MR) is 109 cm³/mol. The number of Topliss-reactive ketones (excluding diaryl/α,β-unsaturated/α-hetero) is 1. The Labute approximate surface area is 164 Å². The van der Waals surface area contributed by atoms with E-state index in [2.05, 4.69) is 5.32 Å². The molecule has 0 radical (unpaired) electrons. The van der Waals surface area contributed by atoms with E-state index >= 15 is 0 Å². The van der Waals surface area contributed by atoms with Gasteiger partial charge >= 0.3 is 0 Å². The maximum absolute atomic E-state index is 12.7. The Morgan fingerprint density at radius 3 is 2.67 bits per heavy atom. The fourth-order valence-corrected chi connectivity index (χ4v) is 3.98. The lowest BCUT2D eigenvalue weighted by Crippen LogP contribution is -2.47. The topological polar surface area (TPSA) is 41.6 Å². The second kappa shape index (κ2) is 7.53. The number of allylic oxidation sites excluding steroid dienone is 1. The third-order valence-corrected chi connectivity index (χ3v) is 5.55. The number of thiocarbonyl (C=S) groups is 1. The number of hydrogen-bond donors (Lipinski definition) is 1. The van der Waals surface area contributed by atoms with Crippen molar-refractivity contribution in [1.82, 2.24) is 10.2 Å². The van der Waals surface area contributed by atoms with Crippen LogP contribution in [0, 0.1) is 0 Å². The third-order valence-electron chi connectivity index (χ3n) is 5.16. The largest absolute Gasteiger partial charge is 0.489 e. The molecule has 0 saturated carbocycles. The van der Waals surface area contributed by atoms with Crippen LogP contribution in [0.5, 0.6) is 5.75 Å². The molecule has 1 atom stereocenters. The van der Waals surface area contributed by atoms with Gasteiger partial charge in [0.1, 0.15) is 12.4 Å². The second-order valence-corrected chi connectivity index (χ2v) is 7.28. The molecule has 2 aromatic carbocycles. The fourth-order valence-electron chi connectivity index (χ4n) is 3.76. The minimum absolute atomic E-state index is 0.195. The highest BCUT2D eigenvalue weighted by atomic mass is 32.1. The van der Waals surface area contributed by atoms with Crippen molar-refractivity contribution in [1.29, 1.82) is 0 Å². The Morgan fingerprint density at radius 1 is 1.11 bits per heavy atom. The summed E-state index contributed by atoms with van der Waals surface area (Å²) in [7, 11) is 1.93. The van der Waals surface area contributed by atoms with Crippen molar-refractivity contribution in [2.24, 2.45) is 0 Å². The number of carbonyl (C=O) groups excluding carboxylic acids is 1. The van der Waals surface area contributed by atoms with Gasteiger partial charge in [-0.2, -0.15) is 0 Å². The maximum atomic E-state index is 12.7. The summed E-state index contributed by atoms with van der Waals surface area (Å²) in [6.07, 6.45) is 2.34. The molecule has 4 rings (SSSR count). The zero-order valence-electron chi connectivity index (χ0n) is 15.3. The SMILES string of the molecule is CN1C(=S)NC(c2ccccc2OCc2ccccc2)C2=C1CCCC2=O. The van der Waals surface area contributed by atoms with E-state index < -0.39 is 0 Å². The van der Waals surface area contributed by atoms with Gasteiger partial charge in [0.15, 0.2) is 10.9 Å². The number of nitrogens with zero attached hydrogens (tertiary/aromatic N) is 1. The molecule has 0 fully saturated rings. The van der Waals surface area contributed by atoms with E-state index in [9.17, 15) is 4.79 Å². The molecule has 0 saturated heterocycles. The summed E-state index contributed by atoms with van der Waals surface area (Å²) in [6.45, 7) is 0.481. The Balaban J connectivity index is 1.69. The van der Waals surface area contributed by atoms with E-state index in [4.69, 9.17) is 17.0 Å². The summed E-state index contributed by atoms with van der Waals surface area (Å²) in [4.78, 5) is 14.7.